The van der Waals surface area contributed by atoms with Gasteiger partial charge in [-0.15, -0.1) is 0 Å². The molecule has 0 radical (unpaired) electrons. The van der Waals surface area contributed by atoms with Crippen molar-refractivity contribution in [2.75, 3.05) is 0 Å². The number of phenolic OH excluding ortho intramolecular Hbond substituents is 3. The Hall–Kier alpha value is -4.71. The normalized spacial score (nSPS) is 33.8. The molecule has 44 heavy (non-hydrogen) atoms. The summed E-state index contributed by atoms with van der Waals surface area (Å²) in [6, 6.07) is 7.00. The van der Waals surface area contributed by atoms with Gasteiger partial charge in [-0.05, 0) is 80.0 Å². The number of aldehydes is 1. The predicted octanol–water partition coefficient (Wildman–Crippen LogP) is 2.86. The van der Waals surface area contributed by atoms with Crippen molar-refractivity contribution in [3.05, 3.63) is 59.2 Å². The molecule has 2 saturated carbocycles. The number of Topliss-reactive ketones (excluding diaryl/α,β-unsaturated/α-hetero) is 2. The van der Waals surface area contributed by atoms with Crippen molar-refractivity contribution in [1.29, 1.82) is 0 Å². The molecule has 3 aliphatic carbocycles. The van der Waals surface area contributed by atoms with E-state index in [0.29, 0.717) is 6.29 Å². The summed E-state index contributed by atoms with van der Waals surface area (Å²) in [5.41, 5.74) is -6.03. The number of phenols is 3. The number of carboxylic acids is 2. The number of aliphatic hydroxyl groups is 1. The van der Waals surface area contributed by atoms with E-state index >= 15 is 0 Å². The minimum atomic E-state index is -2.18. The number of fused-ring (bicyclic) bond motifs is 3. The number of hydrogen-bond acceptors (Lipinski definition) is 10. The SMILES string of the molecule is O=CC1=C[C@@H]2C[C@](CC(=O)c3cc(O)ccc3O)(C(=O)O)[C@H](O)[C@]([C@@H]3CC[C@@H](C(=O)O)[C@@]34Oc3ccc(O)cc3C4=O)(C1)C2. The van der Waals surface area contributed by atoms with E-state index in [1.54, 1.807) is 6.08 Å². The summed E-state index contributed by atoms with van der Waals surface area (Å²) >= 11 is 0. The third kappa shape index (κ3) is 3.97. The lowest BCUT2D eigenvalue weighted by Gasteiger charge is -2.59. The number of ether oxygens (including phenoxy) is 1. The van der Waals surface area contributed by atoms with Gasteiger partial charge in [-0.1, -0.05) is 6.08 Å². The van der Waals surface area contributed by atoms with E-state index in [0.717, 1.165) is 24.3 Å². The van der Waals surface area contributed by atoms with Crippen molar-refractivity contribution < 1.29 is 59.3 Å². The average Bonchev–Trinajstić information content (AvgIpc) is 3.50. The highest BCUT2D eigenvalue weighted by atomic mass is 16.5. The number of aliphatic carboxylic acids is 2. The molecule has 0 amide bonds. The quantitative estimate of drug-likeness (QED) is 0.152. The first-order chi connectivity index (χ1) is 20.8. The number of aliphatic hydroxyl groups excluding tert-OH is 1. The molecule has 2 bridgehead atoms. The van der Waals surface area contributed by atoms with Gasteiger partial charge >= 0.3 is 11.9 Å². The van der Waals surface area contributed by atoms with Gasteiger partial charge in [-0.2, -0.15) is 0 Å². The van der Waals surface area contributed by atoms with Gasteiger partial charge in [-0.3, -0.25) is 24.0 Å². The number of carbonyl (C=O) groups excluding carboxylic acids is 3. The summed E-state index contributed by atoms with van der Waals surface area (Å²) in [7, 11) is 0. The zero-order valence-electron chi connectivity index (χ0n) is 23.3. The van der Waals surface area contributed by atoms with E-state index in [9.17, 15) is 54.6 Å². The first-order valence-electron chi connectivity index (χ1n) is 14.2. The number of aromatic hydroxyl groups is 3. The van der Waals surface area contributed by atoms with Gasteiger partial charge < -0.3 is 35.4 Å². The molecule has 12 nitrogen and oxygen atoms in total. The summed E-state index contributed by atoms with van der Waals surface area (Å²) in [5.74, 6) is -8.68. The van der Waals surface area contributed by atoms with Gasteiger partial charge in [-0.25, -0.2) is 0 Å². The van der Waals surface area contributed by atoms with Crippen LogP contribution in [0.3, 0.4) is 0 Å². The summed E-state index contributed by atoms with van der Waals surface area (Å²) in [6.07, 6.45) is -0.916. The summed E-state index contributed by atoms with van der Waals surface area (Å²) in [4.78, 5) is 65.7. The number of allylic oxidation sites excluding steroid dienone is 2. The fraction of sp³-hybridized carbons (Fsp3) is 0.406. The maximum atomic E-state index is 14.2. The second-order valence-corrected chi connectivity index (χ2v) is 12.5. The Bertz CT molecular complexity index is 1660. The van der Waals surface area contributed by atoms with E-state index in [4.69, 9.17) is 4.74 Å². The van der Waals surface area contributed by atoms with Gasteiger partial charge in [0.05, 0.1) is 17.2 Å². The van der Waals surface area contributed by atoms with E-state index in [1.165, 1.54) is 12.1 Å². The van der Waals surface area contributed by atoms with Crippen LogP contribution in [0.25, 0.3) is 0 Å². The maximum Gasteiger partial charge on any atom is 0.312 e. The summed E-state index contributed by atoms with van der Waals surface area (Å²) in [5, 5.41) is 63.6. The summed E-state index contributed by atoms with van der Waals surface area (Å²) in [6.45, 7) is 0. The van der Waals surface area contributed by atoms with E-state index < -0.39 is 76.0 Å². The van der Waals surface area contributed by atoms with Crippen LogP contribution in [-0.4, -0.2) is 72.1 Å². The first kappa shape index (κ1) is 29.4. The first-order valence-corrected chi connectivity index (χ1v) is 14.2. The molecule has 2 fully saturated rings. The lowest BCUT2D eigenvalue weighted by atomic mass is 9.46. The number of benzene rings is 2. The second-order valence-electron chi connectivity index (χ2n) is 12.5. The topological polar surface area (TPSA) is 216 Å². The van der Waals surface area contributed by atoms with Crippen molar-refractivity contribution >= 4 is 29.8 Å². The lowest BCUT2D eigenvalue weighted by molar-refractivity contribution is -0.196. The highest BCUT2D eigenvalue weighted by Crippen LogP contribution is 2.67. The molecule has 0 aromatic heterocycles. The van der Waals surface area contributed by atoms with Crippen molar-refractivity contribution in [2.24, 2.45) is 28.6 Å². The molecule has 0 saturated heterocycles. The molecule has 1 heterocycles. The van der Waals surface area contributed by atoms with Crippen LogP contribution in [0.5, 0.6) is 23.0 Å². The van der Waals surface area contributed by atoms with Crippen LogP contribution in [0, 0.1) is 28.6 Å². The van der Waals surface area contributed by atoms with Crippen LogP contribution in [-0.2, 0) is 14.4 Å². The fourth-order valence-electron chi connectivity index (χ4n) is 8.65. The molecule has 2 aromatic carbocycles. The molecule has 4 aliphatic rings. The zero-order valence-corrected chi connectivity index (χ0v) is 23.3. The standard InChI is InChI=1S/C32H30O12/c33-14-16-7-15-10-30(12-16,28(41)31(11-15,29(42)43)13-23(37)19-8-17(34)1-4-22(19)36)25-6-3-21(27(39)40)32(25)26(38)20-9-18(35)2-5-24(20)44-32/h1-2,4-5,7-9,14-15,21,25,28,34-36,41H,3,6,10-13H2,(H,39,40)(H,42,43)/t15-,21-,25-,28+,30-,31+,32+/m0/s1. The smallest absolute Gasteiger partial charge is 0.312 e. The molecular weight excluding hydrogens is 576 g/mol. The Morgan fingerprint density at radius 1 is 0.977 bits per heavy atom. The van der Waals surface area contributed by atoms with Crippen LogP contribution < -0.4 is 4.74 Å². The minimum Gasteiger partial charge on any atom is -0.508 e. The molecule has 1 aliphatic heterocycles. The largest absolute Gasteiger partial charge is 0.508 e. The Labute approximate surface area is 250 Å². The minimum absolute atomic E-state index is 0.0234. The molecular formula is C32H30O12. The molecule has 6 rings (SSSR count). The third-order valence-electron chi connectivity index (χ3n) is 10.3. The molecule has 230 valence electrons. The van der Waals surface area contributed by atoms with Crippen LogP contribution in [0.1, 0.15) is 59.2 Å². The second kappa shape index (κ2) is 9.91. The van der Waals surface area contributed by atoms with Crippen molar-refractivity contribution in [2.45, 2.75) is 50.2 Å². The van der Waals surface area contributed by atoms with Crippen molar-refractivity contribution in [3.8, 4) is 23.0 Å². The number of ketones is 2. The lowest BCUT2D eigenvalue weighted by Crippen LogP contribution is -2.66. The van der Waals surface area contributed by atoms with Crippen LogP contribution in [0.2, 0.25) is 0 Å². The van der Waals surface area contributed by atoms with Crippen LogP contribution in [0.15, 0.2) is 48.0 Å². The highest BCUT2D eigenvalue weighted by molar-refractivity contribution is 6.10. The third-order valence-corrected chi connectivity index (χ3v) is 10.3. The number of rotatable bonds is 7. The Morgan fingerprint density at radius 2 is 1.68 bits per heavy atom. The molecule has 2 aromatic rings. The Balaban J connectivity index is 1.52. The summed E-state index contributed by atoms with van der Waals surface area (Å²) < 4.78 is 6.24. The number of hydrogen-bond donors (Lipinski definition) is 6. The molecule has 12 heteroatoms. The molecule has 7 atom stereocenters. The van der Waals surface area contributed by atoms with Gasteiger partial charge in [0.2, 0.25) is 5.78 Å². The highest BCUT2D eigenvalue weighted by Gasteiger charge is 2.73. The van der Waals surface area contributed by atoms with E-state index in [-0.39, 0.29) is 66.1 Å². The number of carboxylic acid groups (broad SMARTS) is 2. The van der Waals surface area contributed by atoms with E-state index in [2.05, 4.69) is 0 Å². The van der Waals surface area contributed by atoms with E-state index in [1.807, 2.05) is 0 Å². The van der Waals surface area contributed by atoms with Gasteiger partial charge in [0.25, 0.3) is 0 Å². The maximum absolute atomic E-state index is 14.2. The Morgan fingerprint density at radius 3 is 2.36 bits per heavy atom. The van der Waals surface area contributed by atoms with Gasteiger partial charge in [0, 0.05) is 17.8 Å². The molecule has 1 spiro atoms. The van der Waals surface area contributed by atoms with Gasteiger partial charge in [0.15, 0.2) is 11.4 Å². The zero-order chi connectivity index (χ0) is 31.8. The van der Waals surface area contributed by atoms with Crippen LogP contribution >= 0.6 is 0 Å². The average molecular weight is 607 g/mol. The number of carbonyl (C=O) groups is 5. The monoisotopic (exact) mass is 606 g/mol. The fourth-order valence-corrected chi connectivity index (χ4v) is 8.65. The van der Waals surface area contributed by atoms with Crippen molar-refractivity contribution in [1.82, 2.24) is 0 Å². The predicted molar refractivity (Wildman–Crippen MR) is 148 cm³/mol. The van der Waals surface area contributed by atoms with Crippen molar-refractivity contribution in [3.63, 3.8) is 0 Å². The van der Waals surface area contributed by atoms with Crippen LogP contribution in [0.4, 0.5) is 0 Å². The molecule has 0 unspecified atom stereocenters. The molecule has 6 N–H and O–H groups in total. The van der Waals surface area contributed by atoms with Gasteiger partial charge in [0.1, 0.15) is 40.6 Å². The Kier molecular flexibility index (Phi) is 6.62.